The number of aryl methyl sites for hydroxylation is 4. The highest BCUT2D eigenvalue weighted by Crippen LogP contribution is 2.62. The monoisotopic (exact) mass is 890 g/mol. The molecular weight excluding hydrogens is 841 g/mol. The van der Waals surface area contributed by atoms with Crippen LogP contribution in [0.2, 0.25) is 0 Å². The number of para-hydroxylation sites is 2. The van der Waals surface area contributed by atoms with Crippen molar-refractivity contribution in [3.63, 3.8) is 0 Å². The van der Waals surface area contributed by atoms with Crippen molar-refractivity contribution in [1.29, 1.82) is 0 Å². The number of hydrogen-bond donors (Lipinski definition) is 0. The number of rotatable bonds is 9. The first-order valence-electron chi connectivity index (χ1n) is 23.7. The van der Waals surface area contributed by atoms with Crippen molar-refractivity contribution in [1.82, 2.24) is 0 Å². The van der Waals surface area contributed by atoms with Crippen LogP contribution >= 0.6 is 0 Å². The second-order valence-electron chi connectivity index (χ2n) is 18.4. The third-order valence-corrected chi connectivity index (χ3v) is 13.9. The van der Waals surface area contributed by atoms with Gasteiger partial charge in [-0.15, -0.1) is 0 Å². The van der Waals surface area contributed by atoms with Crippen LogP contribution in [0.1, 0.15) is 44.5 Å². The van der Waals surface area contributed by atoms with E-state index in [-0.39, 0.29) is 0 Å². The minimum atomic E-state index is -0.691. The van der Waals surface area contributed by atoms with Crippen molar-refractivity contribution >= 4 is 34.1 Å². The van der Waals surface area contributed by atoms with E-state index in [4.69, 9.17) is 9.47 Å². The highest BCUT2D eigenvalue weighted by Gasteiger charge is 2.48. The highest BCUT2D eigenvalue weighted by atomic mass is 16.6. The molecule has 1 unspecified atom stereocenters. The van der Waals surface area contributed by atoms with Gasteiger partial charge in [-0.05, 0) is 158 Å². The average molecular weight is 891 g/mol. The van der Waals surface area contributed by atoms with Crippen molar-refractivity contribution in [3.8, 4) is 45.3 Å². The molecule has 69 heavy (non-hydrogen) atoms. The van der Waals surface area contributed by atoms with Crippen LogP contribution in [0.5, 0.6) is 23.0 Å². The van der Waals surface area contributed by atoms with Crippen LogP contribution in [0.3, 0.4) is 0 Å². The number of ether oxygens (including phenoxy) is 2. The van der Waals surface area contributed by atoms with Gasteiger partial charge in [-0.2, -0.15) is 0 Å². The molecule has 0 saturated carbocycles. The Kier molecular flexibility index (Phi) is 10.3. The number of fused-ring (bicyclic) bond motifs is 6. The van der Waals surface area contributed by atoms with Gasteiger partial charge in [0.2, 0.25) is 0 Å². The molecule has 1 heterocycles. The van der Waals surface area contributed by atoms with E-state index in [0.717, 1.165) is 78.8 Å². The van der Waals surface area contributed by atoms with Crippen molar-refractivity contribution < 1.29 is 9.47 Å². The quantitative estimate of drug-likeness (QED) is 0.144. The van der Waals surface area contributed by atoms with Crippen molar-refractivity contribution in [3.05, 3.63) is 275 Å². The van der Waals surface area contributed by atoms with E-state index < -0.39 is 5.41 Å². The normalized spacial score (nSPS) is 14.1. The Morgan fingerprint density at radius 3 is 1.13 bits per heavy atom. The van der Waals surface area contributed by atoms with Crippen molar-refractivity contribution in [2.45, 2.75) is 33.1 Å². The Hall–Kier alpha value is -8.60. The first-order chi connectivity index (χ1) is 33.8. The van der Waals surface area contributed by atoms with E-state index in [1.54, 1.807) is 0 Å². The zero-order valence-electron chi connectivity index (χ0n) is 39.2. The molecule has 4 heteroatoms. The summed E-state index contributed by atoms with van der Waals surface area (Å²) in [6.45, 7) is 8.53. The second kappa shape index (κ2) is 16.9. The summed E-state index contributed by atoms with van der Waals surface area (Å²) in [6.07, 6.45) is 0. The molecule has 0 N–H and O–H groups in total. The molecule has 10 aromatic rings. The van der Waals surface area contributed by atoms with Gasteiger partial charge in [0.05, 0.1) is 5.41 Å². The molecule has 0 fully saturated rings. The Labute approximate surface area is 405 Å². The minimum Gasteiger partial charge on any atom is -0.449 e. The molecule has 0 aromatic heterocycles. The van der Waals surface area contributed by atoms with Crippen LogP contribution in [-0.4, -0.2) is 0 Å². The smallest absolute Gasteiger partial charge is 0.178 e. The maximum atomic E-state index is 6.84. The maximum absolute atomic E-state index is 6.84. The predicted octanol–water partition coefficient (Wildman–Crippen LogP) is 17.8. The van der Waals surface area contributed by atoms with Crippen LogP contribution in [0.25, 0.3) is 22.3 Å². The SMILES string of the molecule is Cc1ccc(N(c2ccc(C)cc2)c2ccc(-c3ccc(C4(c5ccc(N(c6ccc(C)cc6)c6ccc(C)cc6)cc5)c5ccccc5-c5c4ccc4c5Oc5ccccc5O4)cc3)cc2)cc1. The molecule has 332 valence electrons. The largest absolute Gasteiger partial charge is 0.449 e. The third kappa shape index (κ3) is 7.24. The van der Waals surface area contributed by atoms with E-state index >= 15 is 0 Å². The molecule has 10 aromatic carbocycles. The van der Waals surface area contributed by atoms with Gasteiger partial charge in [0, 0.05) is 39.7 Å². The van der Waals surface area contributed by atoms with E-state index in [9.17, 15) is 0 Å². The minimum absolute atomic E-state index is 0.691. The summed E-state index contributed by atoms with van der Waals surface area (Å²) in [5.41, 5.74) is 20.0. The molecule has 2 aliphatic rings. The first kappa shape index (κ1) is 41.8. The van der Waals surface area contributed by atoms with E-state index in [0.29, 0.717) is 17.2 Å². The standard InChI is InChI=1S/C65H50N2O2/c1-43-13-29-51(30-14-43)66(52-31-15-44(2)16-32-52)55-37-23-48(24-38-55)47-21-25-49(26-22-47)65(50-27-39-56(40-28-50)67(53-33-17-45(3)18-34-53)54-35-19-46(4)20-36-54)58-10-6-5-9-57(58)63-59(65)41-42-62-64(63)69-61-12-8-7-11-60(61)68-62/h5-42H,1-4H3. The van der Waals surface area contributed by atoms with Gasteiger partial charge in [-0.1, -0.05) is 162 Å². The Balaban J connectivity index is 0.988. The van der Waals surface area contributed by atoms with E-state index in [1.807, 2.05) is 24.3 Å². The zero-order valence-corrected chi connectivity index (χ0v) is 39.2. The molecule has 0 spiro atoms. The van der Waals surface area contributed by atoms with Crippen molar-refractivity contribution in [2.75, 3.05) is 9.80 Å². The van der Waals surface area contributed by atoms with Gasteiger partial charge >= 0.3 is 0 Å². The molecule has 1 atom stereocenters. The fourth-order valence-electron chi connectivity index (χ4n) is 10.4. The van der Waals surface area contributed by atoms with Crippen LogP contribution in [0.4, 0.5) is 34.1 Å². The lowest BCUT2D eigenvalue weighted by Gasteiger charge is -2.35. The highest BCUT2D eigenvalue weighted by molar-refractivity contribution is 5.92. The maximum Gasteiger partial charge on any atom is 0.178 e. The van der Waals surface area contributed by atoms with Gasteiger partial charge in [0.1, 0.15) is 0 Å². The van der Waals surface area contributed by atoms with Crippen LogP contribution in [-0.2, 0) is 5.41 Å². The summed E-state index contributed by atoms with van der Waals surface area (Å²) in [4.78, 5) is 4.66. The number of anilines is 6. The Morgan fingerprint density at radius 1 is 0.304 bits per heavy atom. The summed E-state index contributed by atoms with van der Waals surface area (Å²) in [7, 11) is 0. The Morgan fingerprint density at radius 2 is 0.667 bits per heavy atom. The van der Waals surface area contributed by atoms with Crippen LogP contribution < -0.4 is 19.3 Å². The van der Waals surface area contributed by atoms with E-state index in [2.05, 4.69) is 244 Å². The third-order valence-electron chi connectivity index (χ3n) is 13.9. The lowest BCUT2D eigenvalue weighted by atomic mass is 9.67. The molecule has 1 aliphatic carbocycles. The summed E-state index contributed by atoms with van der Waals surface area (Å²) in [5.74, 6) is 2.87. The Bertz CT molecular complexity index is 3400. The lowest BCUT2D eigenvalue weighted by Crippen LogP contribution is -2.28. The second-order valence-corrected chi connectivity index (χ2v) is 18.4. The molecule has 0 saturated heterocycles. The topological polar surface area (TPSA) is 24.9 Å². The molecule has 4 nitrogen and oxygen atoms in total. The molecule has 0 amide bonds. The number of hydrogen-bond acceptors (Lipinski definition) is 4. The molecular formula is C65H50N2O2. The number of benzene rings is 10. The van der Waals surface area contributed by atoms with Crippen LogP contribution in [0, 0.1) is 27.7 Å². The fraction of sp³-hybridized carbons (Fsp3) is 0.0769. The molecule has 0 radical (unpaired) electrons. The van der Waals surface area contributed by atoms with E-state index in [1.165, 1.54) is 27.8 Å². The molecule has 1 aliphatic heterocycles. The molecule has 0 bridgehead atoms. The van der Waals surface area contributed by atoms with Crippen LogP contribution in [0.15, 0.2) is 231 Å². The summed E-state index contributed by atoms with van der Waals surface area (Å²) < 4.78 is 13.4. The lowest BCUT2D eigenvalue weighted by molar-refractivity contribution is 0.360. The predicted molar refractivity (Wildman–Crippen MR) is 284 cm³/mol. The summed E-state index contributed by atoms with van der Waals surface area (Å²) >= 11 is 0. The summed E-state index contributed by atoms with van der Waals surface area (Å²) in [6, 6.07) is 83.5. The van der Waals surface area contributed by atoms with Gasteiger partial charge in [0.15, 0.2) is 23.0 Å². The molecule has 12 rings (SSSR count). The number of nitrogens with zero attached hydrogens (tertiary/aromatic N) is 2. The van der Waals surface area contributed by atoms with Crippen molar-refractivity contribution in [2.24, 2.45) is 0 Å². The first-order valence-corrected chi connectivity index (χ1v) is 23.7. The average Bonchev–Trinajstić information content (AvgIpc) is 3.70. The fourth-order valence-corrected chi connectivity index (χ4v) is 10.4. The zero-order chi connectivity index (χ0) is 46.6. The van der Waals surface area contributed by atoms with Gasteiger partial charge in [-0.3, -0.25) is 0 Å². The summed E-state index contributed by atoms with van der Waals surface area (Å²) in [5, 5.41) is 0. The van der Waals surface area contributed by atoms with Gasteiger partial charge in [0.25, 0.3) is 0 Å². The van der Waals surface area contributed by atoms with Gasteiger partial charge in [-0.25, -0.2) is 0 Å². The van der Waals surface area contributed by atoms with Gasteiger partial charge < -0.3 is 19.3 Å².